The number of fused-ring (bicyclic) bond motifs is 1. The van der Waals surface area contributed by atoms with Crippen LogP contribution in [0.15, 0.2) is 15.9 Å². The highest BCUT2D eigenvalue weighted by atomic mass is 16.5. The molecule has 0 fully saturated rings. The van der Waals surface area contributed by atoms with Crippen LogP contribution in [0.3, 0.4) is 0 Å². The van der Waals surface area contributed by atoms with E-state index in [1.165, 1.54) is 17.9 Å². The largest absolute Gasteiger partial charge is 0.381 e. The molecular formula is C16H25N5O4. The highest BCUT2D eigenvalue weighted by Crippen LogP contribution is 2.02. The van der Waals surface area contributed by atoms with Crippen LogP contribution in [0.5, 0.6) is 0 Å². The molecule has 0 atom stereocenters. The summed E-state index contributed by atoms with van der Waals surface area (Å²) in [5.41, 5.74) is -0.483. The molecule has 9 nitrogen and oxygen atoms in total. The van der Waals surface area contributed by atoms with E-state index in [4.69, 9.17) is 4.74 Å². The Bertz CT molecular complexity index is 849. The Labute approximate surface area is 145 Å². The fourth-order valence-electron chi connectivity index (χ4n) is 2.49. The van der Waals surface area contributed by atoms with Crippen molar-refractivity contribution in [2.75, 3.05) is 19.8 Å². The molecule has 1 amide bonds. The zero-order valence-electron chi connectivity index (χ0n) is 14.9. The Balaban J connectivity index is 1.98. The van der Waals surface area contributed by atoms with Crippen molar-refractivity contribution in [1.29, 1.82) is 0 Å². The van der Waals surface area contributed by atoms with Gasteiger partial charge in [-0.15, -0.1) is 0 Å². The van der Waals surface area contributed by atoms with Crippen molar-refractivity contribution < 1.29 is 9.53 Å². The number of nitrogens with zero attached hydrogens (tertiary/aromatic N) is 4. The quantitative estimate of drug-likeness (QED) is 0.628. The summed E-state index contributed by atoms with van der Waals surface area (Å²) in [6.45, 7) is 3.51. The second-order valence-corrected chi connectivity index (χ2v) is 5.93. The second-order valence-electron chi connectivity index (χ2n) is 5.93. The number of hydrogen-bond acceptors (Lipinski definition) is 5. The smallest absolute Gasteiger partial charge is 0.332 e. The van der Waals surface area contributed by atoms with E-state index < -0.39 is 11.2 Å². The van der Waals surface area contributed by atoms with Gasteiger partial charge in [0.25, 0.3) is 5.56 Å². The maximum atomic E-state index is 12.5. The van der Waals surface area contributed by atoms with Crippen LogP contribution < -0.4 is 16.6 Å². The molecule has 0 aromatic carbocycles. The van der Waals surface area contributed by atoms with Crippen LogP contribution in [0.1, 0.15) is 26.2 Å². The van der Waals surface area contributed by atoms with Gasteiger partial charge in [-0.1, -0.05) is 13.3 Å². The topological polar surface area (TPSA) is 100 Å². The van der Waals surface area contributed by atoms with Gasteiger partial charge in [0.15, 0.2) is 11.2 Å². The minimum absolute atomic E-state index is 0.291. The summed E-state index contributed by atoms with van der Waals surface area (Å²) in [5.74, 6) is -0.380. The summed E-state index contributed by atoms with van der Waals surface area (Å²) < 4.78 is 9.15. The summed E-state index contributed by atoms with van der Waals surface area (Å²) in [4.78, 5) is 40.9. The maximum Gasteiger partial charge on any atom is 0.332 e. The van der Waals surface area contributed by atoms with E-state index in [0.29, 0.717) is 30.7 Å². The van der Waals surface area contributed by atoms with Crippen molar-refractivity contribution in [3.05, 3.63) is 27.2 Å². The highest BCUT2D eigenvalue weighted by Gasteiger charge is 2.16. The molecule has 0 aliphatic carbocycles. The van der Waals surface area contributed by atoms with Gasteiger partial charge in [-0.3, -0.25) is 14.2 Å². The molecule has 0 aliphatic rings. The van der Waals surface area contributed by atoms with Crippen molar-refractivity contribution in [3.63, 3.8) is 0 Å². The second kappa shape index (κ2) is 8.61. The van der Waals surface area contributed by atoms with E-state index >= 15 is 0 Å². The Morgan fingerprint density at radius 2 is 1.96 bits per heavy atom. The predicted molar refractivity (Wildman–Crippen MR) is 93.6 cm³/mol. The lowest BCUT2D eigenvalue weighted by molar-refractivity contribution is -0.121. The molecule has 2 aromatic rings. The van der Waals surface area contributed by atoms with Gasteiger partial charge in [-0.25, -0.2) is 14.3 Å². The number of carbonyl (C=O) groups is 1. The number of nitrogens with one attached hydrogen (secondary N) is 1. The number of aryl methyl sites for hydroxylation is 2. The summed E-state index contributed by atoms with van der Waals surface area (Å²) in [6, 6.07) is 0. The minimum atomic E-state index is -0.561. The van der Waals surface area contributed by atoms with Gasteiger partial charge in [0.05, 0.1) is 6.33 Å². The molecule has 0 aliphatic heterocycles. The van der Waals surface area contributed by atoms with Crippen LogP contribution in [0.4, 0.5) is 0 Å². The molecule has 0 saturated carbocycles. The van der Waals surface area contributed by atoms with E-state index in [9.17, 15) is 14.4 Å². The molecule has 0 unspecified atom stereocenters. The summed E-state index contributed by atoms with van der Waals surface area (Å²) in [6.07, 6.45) is 4.26. The summed E-state index contributed by atoms with van der Waals surface area (Å²) >= 11 is 0. The molecule has 2 aromatic heterocycles. The van der Waals surface area contributed by atoms with Crippen LogP contribution in [-0.2, 0) is 30.2 Å². The van der Waals surface area contributed by atoms with Crippen molar-refractivity contribution in [2.24, 2.45) is 14.1 Å². The standard InChI is InChI=1S/C16H25N5O4/c1-4-5-8-25-9-6-7-17-12(22)10-21-15(23)13-14(18-11-19(13)2)20(3)16(21)24/h11H,4-10H2,1-3H3,(H,17,22). The number of carbonyl (C=O) groups excluding carboxylic acids is 1. The number of rotatable bonds is 9. The van der Waals surface area contributed by atoms with E-state index in [1.54, 1.807) is 11.6 Å². The van der Waals surface area contributed by atoms with Gasteiger partial charge >= 0.3 is 5.69 Å². The third-order valence-corrected chi connectivity index (χ3v) is 3.93. The van der Waals surface area contributed by atoms with Crippen LogP contribution in [0.2, 0.25) is 0 Å². The van der Waals surface area contributed by atoms with Gasteiger partial charge in [0, 0.05) is 33.9 Å². The van der Waals surface area contributed by atoms with Gasteiger partial charge < -0.3 is 14.6 Å². The number of hydrogen-bond donors (Lipinski definition) is 1. The van der Waals surface area contributed by atoms with E-state index in [2.05, 4.69) is 17.2 Å². The lowest BCUT2D eigenvalue weighted by Gasteiger charge is -2.09. The predicted octanol–water partition coefficient (Wildman–Crippen LogP) is -0.243. The molecule has 9 heteroatoms. The zero-order chi connectivity index (χ0) is 18.4. The normalized spacial score (nSPS) is 11.2. The molecule has 2 heterocycles. The fraction of sp³-hybridized carbons (Fsp3) is 0.625. The van der Waals surface area contributed by atoms with Crippen molar-refractivity contribution in [1.82, 2.24) is 24.0 Å². The lowest BCUT2D eigenvalue weighted by Crippen LogP contribution is -2.43. The first-order valence-electron chi connectivity index (χ1n) is 8.42. The molecule has 138 valence electrons. The summed E-state index contributed by atoms with van der Waals surface area (Å²) in [7, 11) is 3.20. The first kappa shape index (κ1) is 18.9. The van der Waals surface area contributed by atoms with E-state index in [1.807, 2.05) is 0 Å². The number of amides is 1. The summed E-state index contributed by atoms with van der Waals surface area (Å²) in [5, 5.41) is 2.70. The van der Waals surface area contributed by atoms with Crippen LogP contribution in [0, 0.1) is 0 Å². The number of unbranched alkanes of at least 4 members (excludes halogenated alkanes) is 1. The molecule has 0 radical (unpaired) electrons. The van der Waals surface area contributed by atoms with Gasteiger partial charge in [0.1, 0.15) is 6.54 Å². The number of ether oxygens (including phenoxy) is 1. The first-order valence-corrected chi connectivity index (χ1v) is 8.42. The number of imidazole rings is 1. The molecule has 2 rings (SSSR count). The van der Waals surface area contributed by atoms with Crippen LogP contribution in [-0.4, -0.2) is 44.4 Å². The zero-order valence-corrected chi connectivity index (χ0v) is 14.9. The monoisotopic (exact) mass is 351 g/mol. The highest BCUT2D eigenvalue weighted by molar-refractivity contribution is 5.76. The van der Waals surface area contributed by atoms with E-state index in [-0.39, 0.29) is 12.5 Å². The van der Waals surface area contributed by atoms with Gasteiger partial charge in [-0.05, 0) is 12.8 Å². The SMILES string of the molecule is CCCCOCCCNC(=O)Cn1c(=O)c2c(ncn2C)n(C)c1=O. The molecule has 0 saturated heterocycles. The Kier molecular flexibility index (Phi) is 6.51. The average Bonchev–Trinajstić information content (AvgIpc) is 2.98. The first-order chi connectivity index (χ1) is 12.0. The van der Waals surface area contributed by atoms with Crippen LogP contribution in [0.25, 0.3) is 11.2 Å². The molecule has 1 N–H and O–H groups in total. The average molecular weight is 351 g/mol. The third kappa shape index (κ3) is 4.36. The lowest BCUT2D eigenvalue weighted by atomic mass is 10.3. The van der Waals surface area contributed by atoms with Crippen molar-refractivity contribution in [3.8, 4) is 0 Å². The third-order valence-electron chi connectivity index (χ3n) is 3.93. The molecular weight excluding hydrogens is 326 g/mol. The molecule has 0 bridgehead atoms. The van der Waals surface area contributed by atoms with Gasteiger partial charge in [0.2, 0.25) is 5.91 Å². The maximum absolute atomic E-state index is 12.5. The van der Waals surface area contributed by atoms with Crippen molar-refractivity contribution >= 4 is 17.1 Å². The Morgan fingerprint density at radius 3 is 2.68 bits per heavy atom. The van der Waals surface area contributed by atoms with Gasteiger partial charge in [-0.2, -0.15) is 0 Å². The van der Waals surface area contributed by atoms with Crippen molar-refractivity contribution in [2.45, 2.75) is 32.7 Å². The Morgan fingerprint density at radius 1 is 1.24 bits per heavy atom. The number of aromatic nitrogens is 4. The van der Waals surface area contributed by atoms with E-state index in [0.717, 1.165) is 24.0 Å². The minimum Gasteiger partial charge on any atom is -0.381 e. The fourth-order valence-corrected chi connectivity index (χ4v) is 2.49. The Hall–Kier alpha value is -2.42. The van der Waals surface area contributed by atoms with Crippen LogP contribution >= 0.6 is 0 Å². The molecule has 0 spiro atoms. The molecule has 25 heavy (non-hydrogen) atoms.